The van der Waals surface area contributed by atoms with Crippen molar-refractivity contribution < 1.29 is 14.3 Å². The van der Waals surface area contributed by atoms with Crippen molar-refractivity contribution in [1.82, 2.24) is 14.9 Å². The molecule has 3 aromatic rings. The molecule has 0 amide bonds. The van der Waals surface area contributed by atoms with E-state index in [0.717, 1.165) is 25.9 Å². The van der Waals surface area contributed by atoms with Gasteiger partial charge in [-0.2, -0.15) is 5.12 Å². The van der Waals surface area contributed by atoms with Gasteiger partial charge in [0.1, 0.15) is 23.9 Å². The number of hydrogen-bond donors (Lipinski definition) is 1. The average molecular weight is 403 g/mol. The predicted molar refractivity (Wildman–Crippen MR) is 107 cm³/mol. The van der Waals surface area contributed by atoms with Crippen molar-refractivity contribution in [3.05, 3.63) is 47.7 Å². The number of phenolic OH excluding ortho intramolecular Hbond substituents is 1. The van der Waals surface area contributed by atoms with E-state index in [-0.39, 0.29) is 23.4 Å². The van der Waals surface area contributed by atoms with E-state index in [4.69, 9.17) is 16.3 Å². The number of fused-ring (bicyclic) bond motifs is 1. The lowest BCUT2D eigenvalue weighted by Gasteiger charge is -2.30. The number of halogens is 2. The fourth-order valence-corrected chi connectivity index (χ4v) is 3.55. The van der Waals surface area contributed by atoms with Crippen LogP contribution in [0.2, 0.25) is 5.02 Å². The summed E-state index contributed by atoms with van der Waals surface area (Å²) in [7, 11) is 2.07. The van der Waals surface area contributed by atoms with E-state index in [0.29, 0.717) is 26.8 Å². The lowest BCUT2D eigenvalue weighted by Crippen LogP contribution is -2.35. The molecule has 146 valence electrons. The second kappa shape index (κ2) is 7.77. The molecule has 0 atom stereocenters. The molecule has 4 rings (SSSR count). The van der Waals surface area contributed by atoms with Gasteiger partial charge in [-0.15, -0.1) is 0 Å². The molecular weight excluding hydrogens is 383 g/mol. The van der Waals surface area contributed by atoms with Gasteiger partial charge in [-0.05, 0) is 38.1 Å². The summed E-state index contributed by atoms with van der Waals surface area (Å²) in [5, 5.41) is 11.4. The summed E-state index contributed by atoms with van der Waals surface area (Å²) in [6.07, 6.45) is 2.94. The van der Waals surface area contributed by atoms with Crippen LogP contribution in [0, 0.1) is 0 Å². The molecule has 1 aliphatic heterocycles. The number of hydrogen-bond acceptors (Lipinski definition) is 6. The molecule has 0 saturated carbocycles. The minimum atomic E-state index is -0.0199. The van der Waals surface area contributed by atoms with Crippen LogP contribution in [0.1, 0.15) is 12.8 Å². The molecule has 1 aromatic heterocycles. The Morgan fingerprint density at radius 1 is 1.21 bits per heavy atom. The maximum atomic E-state index is 15.2. The third-order valence-corrected chi connectivity index (χ3v) is 5.08. The van der Waals surface area contributed by atoms with Crippen LogP contribution < -0.4 is 9.86 Å². The summed E-state index contributed by atoms with van der Waals surface area (Å²) in [5.41, 5.74) is 0.642. The van der Waals surface area contributed by atoms with Gasteiger partial charge in [-0.3, -0.25) is 0 Å². The van der Waals surface area contributed by atoms with Crippen molar-refractivity contribution in [2.24, 2.45) is 0 Å². The molecule has 28 heavy (non-hydrogen) atoms. The first-order valence-corrected chi connectivity index (χ1v) is 9.43. The normalized spacial score (nSPS) is 15.7. The Morgan fingerprint density at radius 3 is 2.75 bits per heavy atom. The monoisotopic (exact) mass is 402 g/mol. The Kier molecular flexibility index (Phi) is 5.19. The van der Waals surface area contributed by atoms with Gasteiger partial charge >= 0.3 is 0 Å². The molecular formula is C20H20ClFN4O2. The summed E-state index contributed by atoms with van der Waals surface area (Å²) in [5.74, 6) is 0.410. The van der Waals surface area contributed by atoms with Crippen LogP contribution in [-0.4, -0.2) is 46.2 Å². The topological polar surface area (TPSA) is 61.7 Å². The van der Waals surface area contributed by atoms with E-state index in [1.807, 2.05) is 0 Å². The van der Waals surface area contributed by atoms with Gasteiger partial charge in [0.2, 0.25) is 0 Å². The van der Waals surface area contributed by atoms with Crippen molar-refractivity contribution in [3.63, 3.8) is 0 Å². The minimum Gasteiger partial charge on any atom is -0.508 e. The SMILES string of the molecule is CN1CCC(Oc2cc(O)cc3ncnc(N(F)c4cccc(Cl)c4)c23)CC1. The smallest absolute Gasteiger partial charge is 0.178 e. The first-order valence-electron chi connectivity index (χ1n) is 9.05. The van der Waals surface area contributed by atoms with Gasteiger partial charge < -0.3 is 14.7 Å². The van der Waals surface area contributed by atoms with Gasteiger partial charge in [-0.25, -0.2) is 9.97 Å². The molecule has 0 unspecified atom stereocenters. The van der Waals surface area contributed by atoms with Crippen LogP contribution in [0.25, 0.3) is 10.9 Å². The number of ether oxygens (including phenoxy) is 1. The van der Waals surface area contributed by atoms with Crippen molar-refractivity contribution in [1.29, 1.82) is 0 Å². The van der Waals surface area contributed by atoms with Crippen molar-refractivity contribution >= 4 is 34.0 Å². The van der Waals surface area contributed by atoms with Gasteiger partial charge in [0.25, 0.3) is 0 Å². The van der Waals surface area contributed by atoms with Gasteiger partial charge in [0.05, 0.1) is 16.6 Å². The summed E-state index contributed by atoms with van der Waals surface area (Å²) in [6.45, 7) is 1.84. The first-order chi connectivity index (χ1) is 13.5. The molecule has 1 fully saturated rings. The number of phenols is 1. The van der Waals surface area contributed by atoms with E-state index in [9.17, 15) is 5.11 Å². The number of aromatic nitrogens is 2. The van der Waals surface area contributed by atoms with Gasteiger partial charge in [-0.1, -0.05) is 22.1 Å². The van der Waals surface area contributed by atoms with Crippen LogP contribution in [-0.2, 0) is 0 Å². The number of likely N-dealkylation sites (tertiary alicyclic amines) is 1. The molecule has 0 aliphatic carbocycles. The summed E-state index contributed by atoms with van der Waals surface area (Å²) >= 11 is 6.00. The molecule has 2 aromatic carbocycles. The predicted octanol–water partition coefficient (Wildman–Crippen LogP) is 4.48. The molecule has 6 nitrogen and oxygen atoms in total. The minimum absolute atomic E-state index is 0.00763. The summed E-state index contributed by atoms with van der Waals surface area (Å²) < 4.78 is 21.4. The Morgan fingerprint density at radius 2 is 2.00 bits per heavy atom. The standard InChI is InChI=1S/C20H20ClFN4O2/c1-25-7-5-16(6-8-25)28-18-11-15(27)10-17-19(18)20(24-12-23-17)26(22)14-4-2-3-13(21)9-14/h2-4,9-12,16,27H,5-8H2,1H3. The molecule has 1 N–H and O–H groups in total. The van der Waals surface area contributed by atoms with Crippen LogP contribution in [0.5, 0.6) is 11.5 Å². The van der Waals surface area contributed by atoms with E-state index in [1.165, 1.54) is 24.5 Å². The number of rotatable bonds is 4. The quantitative estimate of drug-likeness (QED) is 0.649. The van der Waals surface area contributed by atoms with Crippen LogP contribution in [0.4, 0.5) is 16.0 Å². The molecule has 2 heterocycles. The van der Waals surface area contributed by atoms with Crippen LogP contribution >= 0.6 is 11.6 Å². The highest BCUT2D eigenvalue weighted by atomic mass is 35.5. The number of piperidine rings is 1. The largest absolute Gasteiger partial charge is 0.508 e. The number of benzene rings is 2. The summed E-state index contributed by atoms with van der Waals surface area (Å²) in [6, 6.07) is 9.39. The summed E-state index contributed by atoms with van der Waals surface area (Å²) in [4.78, 5) is 10.6. The van der Waals surface area contributed by atoms with Crippen molar-refractivity contribution in [2.75, 3.05) is 25.3 Å². The molecule has 8 heteroatoms. The Balaban J connectivity index is 1.77. The van der Waals surface area contributed by atoms with Gasteiger partial charge in [0.15, 0.2) is 5.82 Å². The van der Waals surface area contributed by atoms with E-state index >= 15 is 4.48 Å². The van der Waals surface area contributed by atoms with Crippen molar-refractivity contribution in [3.8, 4) is 11.5 Å². The Labute approximate surface area is 167 Å². The maximum absolute atomic E-state index is 15.2. The zero-order valence-corrected chi connectivity index (χ0v) is 16.1. The zero-order valence-electron chi connectivity index (χ0n) is 15.3. The third-order valence-electron chi connectivity index (χ3n) is 4.85. The molecule has 0 radical (unpaired) electrons. The Hall–Kier alpha value is -2.64. The fourth-order valence-electron chi connectivity index (χ4n) is 3.37. The maximum Gasteiger partial charge on any atom is 0.178 e. The first kappa shape index (κ1) is 18.7. The lowest BCUT2D eigenvalue weighted by atomic mass is 10.1. The van der Waals surface area contributed by atoms with Gasteiger partial charge in [0, 0.05) is 30.2 Å². The van der Waals surface area contributed by atoms with E-state index < -0.39 is 0 Å². The number of anilines is 2. The fraction of sp³-hybridized carbons (Fsp3) is 0.300. The highest BCUT2D eigenvalue weighted by Gasteiger charge is 2.23. The Bertz CT molecular complexity index is 995. The average Bonchev–Trinajstić information content (AvgIpc) is 2.68. The zero-order chi connectivity index (χ0) is 19.7. The molecule has 0 spiro atoms. The van der Waals surface area contributed by atoms with E-state index in [1.54, 1.807) is 18.2 Å². The van der Waals surface area contributed by atoms with Crippen LogP contribution in [0.15, 0.2) is 42.7 Å². The van der Waals surface area contributed by atoms with E-state index in [2.05, 4.69) is 21.9 Å². The van der Waals surface area contributed by atoms with Crippen molar-refractivity contribution in [2.45, 2.75) is 18.9 Å². The third kappa shape index (κ3) is 3.81. The highest BCUT2D eigenvalue weighted by Crippen LogP contribution is 2.39. The number of aromatic hydroxyl groups is 1. The van der Waals surface area contributed by atoms with Crippen LogP contribution in [0.3, 0.4) is 0 Å². The number of nitrogens with zero attached hydrogens (tertiary/aromatic N) is 4. The second-order valence-electron chi connectivity index (χ2n) is 6.92. The second-order valence-corrected chi connectivity index (χ2v) is 7.35. The molecule has 1 aliphatic rings. The highest BCUT2D eigenvalue weighted by molar-refractivity contribution is 6.30. The lowest BCUT2D eigenvalue weighted by molar-refractivity contribution is 0.115. The molecule has 1 saturated heterocycles. The molecule has 0 bridgehead atoms.